The van der Waals surface area contributed by atoms with Crippen LogP contribution in [0.15, 0.2) is 53.1 Å². The highest BCUT2D eigenvalue weighted by atomic mass is 79.9. The Hall–Kier alpha value is -2.41. The van der Waals surface area contributed by atoms with Gasteiger partial charge in [-0.15, -0.1) is 0 Å². The zero-order chi connectivity index (χ0) is 25.7. The van der Waals surface area contributed by atoms with Crippen molar-refractivity contribution in [2.75, 3.05) is 7.11 Å². The molecule has 2 aliphatic carbocycles. The van der Waals surface area contributed by atoms with Gasteiger partial charge in [0.2, 0.25) is 0 Å². The van der Waals surface area contributed by atoms with Gasteiger partial charge in [0.15, 0.2) is 0 Å². The van der Waals surface area contributed by atoms with E-state index in [-0.39, 0.29) is 40.9 Å². The van der Waals surface area contributed by atoms with Crippen LogP contribution in [0.1, 0.15) is 62.4 Å². The number of benzene rings is 1. The quantitative estimate of drug-likeness (QED) is 0.325. The van der Waals surface area contributed by atoms with E-state index in [1.54, 1.807) is 12.1 Å². The number of rotatable bonds is 10. The summed E-state index contributed by atoms with van der Waals surface area (Å²) in [7, 11) is 1.43. The van der Waals surface area contributed by atoms with Gasteiger partial charge in [0, 0.05) is 10.5 Å². The van der Waals surface area contributed by atoms with Gasteiger partial charge >= 0.3 is 6.61 Å². The number of hydrogen-bond acceptors (Lipinski definition) is 3. The third kappa shape index (κ3) is 7.06. The summed E-state index contributed by atoms with van der Waals surface area (Å²) < 4.78 is 38.2. The van der Waals surface area contributed by atoms with E-state index in [0.29, 0.717) is 5.56 Å². The molecule has 1 saturated carbocycles. The molecule has 1 aromatic rings. The van der Waals surface area contributed by atoms with Crippen molar-refractivity contribution in [3.8, 4) is 11.5 Å². The number of carbonyl (C=O) groups excluding carboxylic acids is 1. The summed E-state index contributed by atoms with van der Waals surface area (Å²) in [5.41, 5.74) is 2.66. The molecule has 0 aliphatic heterocycles. The summed E-state index contributed by atoms with van der Waals surface area (Å²) in [6, 6.07) is 3.36. The predicted molar refractivity (Wildman–Crippen MR) is 140 cm³/mol. The molecule has 0 radical (unpaired) electrons. The molecule has 1 amide bonds. The highest BCUT2D eigenvalue weighted by Gasteiger charge is 2.30. The van der Waals surface area contributed by atoms with E-state index in [1.807, 2.05) is 12.2 Å². The van der Waals surface area contributed by atoms with Crippen molar-refractivity contribution >= 4 is 27.4 Å². The standard InChI is InChI=1S/C28H34BrF2NO3/c1-6-16(2)12-23(18(4)22-9-7-8-20(29)13-17(22)3)19-14-24(34-5)26(25(15-19)35-28(30)31)27(33)32-21-10-11-21/h7-8,12-16,18,21-22,28H,3,6,9-11H2,1-2,4-5H3,(H,32,33)/b23-12+. The summed E-state index contributed by atoms with van der Waals surface area (Å²) in [6.07, 6.45) is 11.8. The molecule has 4 nitrogen and oxygen atoms in total. The number of amides is 1. The highest BCUT2D eigenvalue weighted by molar-refractivity contribution is 9.11. The minimum atomic E-state index is -3.07. The van der Waals surface area contributed by atoms with Gasteiger partial charge in [-0.3, -0.25) is 4.79 Å². The van der Waals surface area contributed by atoms with Crippen molar-refractivity contribution in [1.29, 1.82) is 0 Å². The Kier molecular flexibility index (Phi) is 9.34. The van der Waals surface area contributed by atoms with Crippen molar-refractivity contribution in [2.24, 2.45) is 17.8 Å². The van der Waals surface area contributed by atoms with Gasteiger partial charge in [-0.2, -0.15) is 8.78 Å². The normalized spacial score (nSPS) is 20.2. The van der Waals surface area contributed by atoms with Crippen molar-refractivity contribution in [3.63, 3.8) is 0 Å². The summed E-state index contributed by atoms with van der Waals surface area (Å²) in [5.74, 6) is -0.0549. The summed E-state index contributed by atoms with van der Waals surface area (Å²) in [4.78, 5) is 12.9. The Morgan fingerprint density at radius 3 is 2.57 bits per heavy atom. The number of nitrogens with one attached hydrogen (secondary N) is 1. The van der Waals surface area contributed by atoms with Crippen LogP contribution in [0, 0.1) is 17.8 Å². The monoisotopic (exact) mass is 549 g/mol. The smallest absolute Gasteiger partial charge is 0.387 e. The minimum absolute atomic E-state index is 0.00679. The molecule has 3 rings (SSSR count). The molecule has 0 heterocycles. The molecule has 0 aromatic heterocycles. The lowest BCUT2D eigenvalue weighted by molar-refractivity contribution is -0.0502. The maximum atomic E-state index is 13.4. The Morgan fingerprint density at radius 1 is 1.29 bits per heavy atom. The Balaban J connectivity index is 2.11. The molecule has 3 atom stereocenters. The summed E-state index contributed by atoms with van der Waals surface area (Å²) in [6.45, 7) is 7.57. The minimum Gasteiger partial charge on any atom is -0.496 e. The molecular formula is C28H34BrF2NO3. The molecule has 190 valence electrons. The van der Waals surface area contributed by atoms with Crippen LogP contribution in [-0.4, -0.2) is 25.7 Å². The second-order valence-electron chi connectivity index (χ2n) is 9.32. The van der Waals surface area contributed by atoms with Crippen molar-refractivity contribution in [1.82, 2.24) is 5.32 Å². The fourth-order valence-corrected chi connectivity index (χ4v) is 4.78. The van der Waals surface area contributed by atoms with Gasteiger partial charge < -0.3 is 14.8 Å². The van der Waals surface area contributed by atoms with Crippen molar-refractivity contribution in [3.05, 3.63) is 64.2 Å². The maximum absolute atomic E-state index is 13.4. The van der Waals surface area contributed by atoms with Crippen molar-refractivity contribution in [2.45, 2.75) is 59.1 Å². The third-order valence-corrected chi connectivity index (χ3v) is 7.14. The molecule has 3 unspecified atom stereocenters. The first-order chi connectivity index (χ1) is 16.6. The first-order valence-corrected chi connectivity index (χ1v) is 12.9. The Labute approximate surface area is 215 Å². The molecule has 1 aromatic carbocycles. The molecule has 2 aliphatic rings. The van der Waals surface area contributed by atoms with Gasteiger partial charge in [0.25, 0.3) is 5.91 Å². The van der Waals surface area contributed by atoms with Gasteiger partial charge in [-0.05, 0) is 66.4 Å². The third-order valence-electron chi connectivity index (χ3n) is 6.64. The highest BCUT2D eigenvalue weighted by Crippen LogP contribution is 2.42. The number of halogens is 3. The number of alkyl halides is 2. The van der Waals surface area contributed by atoms with E-state index in [9.17, 15) is 13.6 Å². The first kappa shape index (κ1) is 27.2. The van der Waals surface area contributed by atoms with Gasteiger partial charge in [-0.1, -0.05) is 73.5 Å². The number of allylic oxidation sites excluding steroid dienone is 7. The van der Waals surface area contributed by atoms with Gasteiger partial charge in [0.05, 0.1) is 7.11 Å². The molecular weight excluding hydrogens is 516 g/mol. The number of ether oxygens (including phenoxy) is 2. The summed E-state index contributed by atoms with van der Waals surface area (Å²) in [5, 5.41) is 2.85. The van der Waals surface area contributed by atoms with E-state index in [1.165, 1.54) is 7.11 Å². The van der Waals surface area contributed by atoms with Crippen LogP contribution in [-0.2, 0) is 0 Å². The second kappa shape index (κ2) is 12.0. The lowest BCUT2D eigenvalue weighted by Crippen LogP contribution is -2.27. The molecule has 1 N–H and O–H groups in total. The fraction of sp³-hybridized carbons (Fsp3) is 0.464. The fourth-order valence-electron chi connectivity index (χ4n) is 4.30. The van der Waals surface area contributed by atoms with Crippen LogP contribution in [0.25, 0.3) is 5.57 Å². The van der Waals surface area contributed by atoms with Gasteiger partial charge in [-0.25, -0.2) is 0 Å². The molecule has 1 fully saturated rings. The second-order valence-corrected chi connectivity index (χ2v) is 10.2. The number of hydrogen-bond donors (Lipinski definition) is 1. The Morgan fingerprint density at radius 2 is 1.97 bits per heavy atom. The van der Waals surface area contributed by atoms with Crippen molar-refractivity contribution < 1.29 is 23.0 Å². The van der Waals surface area contributed by atoms with Crippen LogP contribution in [0.2, 0.25) is 0 Å². The van der Waals surface area contributed by atoms with Crippen LogP contribution in [0.4, 0.5) is 8.78 Å². The van der Waals surface area contributed by atoms with E-state index < -0.39 is 12.5 Å². The number of methoxy groups -OCH3 is 1. The zero-order valence-corrected chi connectivity index (χ0v) is 22.3. The lowest BCUT2D eigenvalue weighted by atomic mass is 9.77. The Bertz CT molecular complexity index is 1040. The van der Waals surface area contributed by atoms with E-state index in [2.05, 4.69) is 60.7 Å². The van der Waals surface area contributed by atoms with E-state index in [0.717, 1.165) is 41.3 Å². The number of carbonyl (C=O) groups is 1. The van der Waals surface area contributed by atoms with Crippen LogP contribution < -0.4 is 14.8 Å². The van der Waals surface area contributed by atoms with Crippen LogP contribution in [0.5, 0.6) is 11.5 Å². The summed E-state index contributed by atoms with van der Waals surface area (Å²) >= 11 is 3.54. The zero-order valence-electron chi connectivity index (χ0n) is 20.7. The molecule has 7 heteroatoms. The van der Waals surface area contributed by atoms with Gasteiger partial charge in [0.1, 0.15) is 17.1 Å². The largest absolute Gasteiger partial charge is 0.496 e. The SMILES string of the molecule is C=C1C=C(Br)C=CCC1C(C)/C(=C\C(C)CC)c1cc(OC)c(C(=O)NC2CC2)c(OC(F)F)c1. The predicted octanol–water partition coefficient (Wildman–Crippen LogP) is 7.67. The lowest BCUT2D eigenvalue weighted by Gasteiger charge is -2.28. The average Bonchev–Trinajstić information content (AvgIpc) is 3.63. The molecule has 0 spiro atoms. The van der Waals surface area contributed by atoms with E-state index in [4.69, 9.17) is 9.47 Å². The first-order valence-electron chi connectivity index (χ1n) is 12.1. The average molecular weight is 550 g/mol. The topological polar surface area (TPSA) is 47.6 Å². The molecule has 35 heavy (non-hydrogen) atoms. The molecule has 0 saturated heterocycles. The van der Waals surface area contributed by atoms with Crippen LogP contribution in [0.3, 0.4) is 0 Å². The maximum Gasteiger partial charge on any atom is 0.387 e. The molecule has 0 bridgehead atoms. The van der Waals surface area contributed by atoms with E-state index >= 15 is 0 Å². The van der Waals surface area contributed by atoms with Crippen LogP contribution >= 0.6 is 15.9 Å².